The number of hydrogen-bond donors (Lipinski definition) is 2. The van der Waals surface area contributed by atoms with Crippen molar-refractivity contribution in [1.82, 2.24) is 20.2 Å². The number of nitrogens with zero attached hydrogens (tertiary/aromatic N) is 2. The SMILES string of the molecule is C[C@@H](NC(=O)[C@H]1C[C@@H]1c1nc2ccccc2[nH]1)c1ccc(C(=O)N2CCC(F)(F)CC2)s1. The minimum atomic E-state index is -2.68. The second kappa shape index (κ2) is 7.95. The van der Waals surface area contributed by atoms with Crippen molar-refractivity contribution in [2.24, 2.45) is 5.92 Å². The number of H-pyrrole nitrogens is 1. The third kappa shape index (κ3) is 4.13. The quantitative estimate of drug-likeness (QED) is 0.592. The summed E-state index contributed by atoms with van der Waals surface area (Å²) in [4.78, 5) is 36.2. The first-order valence-corrected chi connectivity index (χ1v) is 11.6. The molecular formula is C23H24F2N4O2S. The highest BCUT2D eigenvalue weighted by Crippen LogP contribution is 2.47. The zero-order chi connectivity index (χ0) is 22.5. The number of hydrogen-bond acceptors (Lipinski definition) is 4. The topological polar surface area (TPSA) is 78.1 Å². The minimum absolute atomic E-state index is 0.0255. The Morgan fingerprint density at radius 1 is 1.22 bits per heavy atom. The lowest BCUT2D eigenvalue weighted by Crippen LogP contribution is -2.42. The van der Waals surface area contributed by atoms with Gasteiger partial charge in [-0.2, -0.15) is 0 Å². The van der Waals surface area contributed by atoms with Gasteiger partial charge in [-0.25, -0.2) is 13.8 Å². The number of carbonyl (C=O) groups excluding carboxylic acids is 2. The molecule has 2 aliphatic rings. The monoisotopic (exact) mass is 458 g/mol. The summed E-state index contributed by atoms with van der Waals surface area (Å²) in [6.07, 6.45) is 0.167. The zero-order valence-corrected chi connectivity index (χ0v) is 18.4. The highest BCUT2D eigenvalue weighted by molar-refractivity contribution is 7.14. The highest BCUT2D eigenvalue weighted by atomic mass is 32.1. The number of nitrogens with one attached hydrogen (secondary N) is 2. The van der Waals surface area contributed by atoms with Gasteiger partial charge in [-0.05, 0) is 37.6 Å². The number of piperidine rings is 1. The van der Waals surface area contributed by atoms with Crippen molar-refractivity contribution in [1.29, 1.82) is 0 Å². The van der Waals surface area contributed by atoms with Gasteiger partial charge in [0.2, 0.25) is 5.91 Å². The van der Waals surface area contributed by atoms with Gasteiger partial charge in [0.05, 0.1) is 22.0 Å². The van der Waals surface area contributed by atoms with E-state index < -0.39 is 5.92 Å². The molecule has 3 heterocycles. The van der Waals surface area contributed by atoms with E-state index in [2.05, 4.69) is 15.3 Å². The van der Waals surface area contributed by atoms with Gasteiger partial charge >= 0.3 is 0 Å². The molecule has 5 rings (SSSR count). The predicted octanol–water partition coefficient (Wildman–Crippen LogP) is 4.48. The van der Waals surface area contributed by atoms with E-state index in [9.17, 15) is 18.4 Å². The Bertz CT molecular complexity index is 1130. The number of para-hydroxylation sites is 2. The molecule has 3 aromatic rings. The van der Waals surface area contributed by atoms with Crippen molar-refractivity contribution in [2.45, 2.75) is 44.1 Å². The second-order valence-electron chi connectivity index (χ2n) is 8.67. The molecule has 0 radical (unpaired) electrons. The lowest BCUT2D eigenvalue weighted by molar-refractivity contribution is -0.123. The number of aromatic amines is 1. The second-order valence-corrected chi connectivity index (χ2v) is 9.78. The maximum Gasteiger partial charge on any atom is 0.263 e. The van der Waals surface area contributed by atoms with Crippen LogP contribution in [0.2, 0.25) is 0 Å². The normalized spacial score (nSPS) is 23.2. The smallest absolute Gasteiger partial charge is 0.263 e. The molecule has 168 valence electrons. The standard InChI is InChI=1S/C23H24F2N4O2S/c1-13(18-6-7-19(32-18)22(31)29-10-8-23(24,25)9-11-29)26-21(30)15-12-14(15)20-27-16-4-2-3-5-17(16)28-20/h2-7,13-15H,8-12H2,1H3,(H,26,30)(H,27,28)/t13-,14+,15+/m1/s1. The Labute approximate surface area is 188 Å². The van der Waals surface area contributed by atoms with Crippen LogP contribution in [0.1, 0.15) is 58.5 Å². The Morgan fingerprint density at radius 2 is 1.97 bits per heavy atom. The minimum Gasteiger partial charge on any atom is -0.349 e. The average Bonchev–Trinajstić information content (AvgIpc) is 3.21. The highest BCUT2D eigenvalue weighted by Gasteiger charge is 2.46. The number of halogens is 2. The summed E-state index contributed by atoms with van der Waals surface area (Å²) in [5, 5.41) is 3.04. The molecule has 2 amide bonds. The Kier molecular flexibility index (Phi) is 5.23. The van der Waals surface area contributed by atoms with Gasteiger partial charge in [0.25, 0.3) is 11.8 Å². The largest absolute Gasteiger partial charge is 0.349 e. The van der Waals surface area contributed by atoms with Crippen LogP contribution >= 0.6 is 11.3 Å². The molecule has 1 saturated heterocycles. The lowest BCUT2D eigenvalue weighted by atomic mass is 10.1. The fourth-order valence-electron chi connectivity index (χ4n) is 4.22. The van der Waals surface area contributed by atoms with Crippen LogP contribution in [0.4, 0.5) is 8.78 Å². The summed E-state index contributed by atoms with van der Waals surface area (Å²) in [5.41, 5.74) is 1.87. The van der Waals surface area contributed by atoms with Gasteiger partial charge in [0.1, 0.15) is 5.82 Å². The number of imidazole rings is 1. The van der Waals surface area contributed by atoms with Crippen LogP contribution in [0, 0.1) is 5.92 Å². The molecule has 0 spiro atoms. The van der Waals surface area contributed by atoms with Gasteiger partial charge in [-0.1, -0.05) is 12.1 Å². The lowest BCUT2D eigenvalue weighted by Gasteiger charge is -2.31. The van der Waals surface area contributed by atoms with E-state index in [1.807, 2.05) is 37.3 Å². The van der Waals surface area contributed by atoms with Crippen molar-refractivity contribution in [3.8, 4) is 0 Å². The molecule has 9 heteroatoms. The van der Waals surface area contributed by atoms with Gasteiger partial charge in [-0.3, -0.25) is 9.59 Å². The average molecular weight is 459 g/mol. The number of thiophene rings is 1. The van der Waals surface area contributed by atoms with E-state index in [1.165, 1.54) is 16.2 Å². The Hall–Kier alpha value is -2.81. The van der Waals surface area contributed by atoms with E-state index >= 15 is 0 Å². The predicted molar refractivity (Wildman–Crippen MR) is 118 cm³/mol. The number of likely N-dealkylation sites (tertiary alicyclic amines) is 1. The van der Waals surface area contributed by atoms with Crippen LogP contribution in [-0.4, -0.2) is 45.7 Å². The molecule has 1 aromatic carbocycles. The number of amides is 2. The molecule has 1 saturated carbocycles. The molecule has 2 fully saturated rings. The van der Waals surface area contributed by atoms with Crippen molar-refractivity contribution in [3.63, 3.8) is 0 Å². The fourth-order valence-corrected chi connectivity index (χ4v) is 5.20. The van der Waals surface area contributed by atoms with Gasteiger partial charge in [0.15, 0.2) is 0 Å². The number of carbonyl (C=O) groups is 2. The van der Waals surface area contributed by atoms with Gasteiger partial charge in [-0.15, -0.1) is 11.3 Å². The third-order valence-electron chi connectivity index (χ3n) is 6.29. The molecule has 0 bridgehead atoms. The summed E-state index contributed by atoms with van der Waals surface area (Å²) < 4.78 is 26.7. The summed E-state index contributed by atoms with van der Waals surface area (Å²) >= 11 is 1.30. The van der Waals surface area contributed by atoms with Crippen LogP contribution in [0.3, 0.4) is 0 Å². The molecule has 32 heavy (non-hydrogen) atoms. The first-order valence-electron chi connectivity index (χ1n) is 10.8. The zero-order valence-electron chi connectivity index (χ0n) is 17.6. The van der Waals surface area contributed by atoms with Crippen LogP contribution in [0.25, 0.3) is 11.0 Å². The Balaban J connectivity index is 1.18. The van der Waals surface area contributed by atoms with Gasteiger partial charge < -0.3 is 15.2 Å². The van der Waals surface area contributed by atoms with Gasteiger partial charge in [0, 0.05) is 42.6 Å². The van der Waals surface area contributed by atoms with E-state index in [-0.39, 0.29) is 55.6 Å². The maximum atomic E-state index is 13.4. The number of aromatic nitrogens is 2. The first kappa shape index (κ1) is 21.1. The number of fused-ring (bicyclic) bond motifs is 1. The third-order valence-corrected chi connectivity index (χ3v) is 7.55. The molecular weight excluding hydrogens is 434 g/mol. The van der Waals surface area contributed by atoms with E-state index in [0.717, 1.165) is 28.2 Å². The van der Waals surface area contributed by atoms with E-state index in [4.69, 9.17) is 0 Å². The van der Waals surface area contributed by atoms with E-state index in [0.29, 0.717) is 4.88 Å². The molecule has 6 nitrogen and oxygen atoms in total. The molecule has 2 aromatic heterocycles. The first-order chi connectivity index (χ1) is 15.3. The Morgan fingerprint density at radius 3 is 2.72 bits per heavy atom. The summed E-state index contributed by atoms with van der Waals surface area (Å²) in [5.74, 6) is -2.11. The number of alkyl halides is 2. The van der Waals surface area contributed by atoms with Crippen molar-refractivity contribution in [2.75, 3.05) is 13.1 Å². The summed E-state index contributed by atoms with van der Waals surface area (Å²) in [6, 6.07) is 11.1. The number of benzene rings is 1. The molecule has 1 aliphatic carbocycles. The summed E-state index contributed by atoms with van der Waals surface area (Å²) in [7, 11) is 0. The molecule has 2 N–H and O–H groups in total. The van der Waals surface area contributed by atoms with Crippen molar-refractivity contribution < 1.29 is 18.4 Å². The summed E-state index contributed by atoms with van der Waals surface area (Å²) in [6.45, 7) is 2.02. The maximum absolute atomic E-state index is 13.4. The fraction of sp³-hybridized carbons (Fsp3) is 0.435. The van der Waals surface area contributed by atoms with Crippen LogP contribution in [0.15, 0.2) is 36.4 Å². The van der Waals surface area contributed by atoms with Crippen molar-refractivity contribution >= 4 is 34.2 Å². The van der Waals surface area contributed by atoms with Crippen LogP contribution in [-0.2, 0) is 4.79 Å². The molecule has 0 unspecified atom stereocenters. The van der Waals surface area contributed by atoms with Crippen molar-refractivity contribution in [3.05, 3.63) is 52.0 Å². The molecule has 3 atom stereocenters. The number of rotatable bonds is 5. The molecule has 1 aliphatic heterocycles. The van der Waals surface area contributed by atoms with Crippen LogP contribution < -0.4 is 5.32 Å². The van der Waals surface area contributed by atoms with E-state index in [1.54, 1.807) is 6.07 Å². The van der Waals surface area contributed by atoms with Crippen LogP contribution in [0.5, 0.6) is 0 Å².